The Hall–Kier alpha value is -0.570. The number of carbonyl (C=O) groups is 1. The molecule has 0 rings (SSSR count). The first kappa shape index (κ1) is 28.4. The van der Waals surface area contributed by atoms with Crippen molar-refractivity contribution in [2.45, 2.75) is 148 Å². The van der Waals surface area contributed by atoms with Crippen LogP contribution in [0, 0.1) is 5.92 Å². The molecular formula is C26H51O3. The van der Waals surface area contributed by atoms with Gasteiger partial charge in [-0.3, -0.25) is 4.79 Å². The fourth-order valence-electron chi connectivity index (χ4n) is 4.18. The van der Waals surface area contributed by atoms with Gasteiger partial charge in [-0.1, -0.05) is 129 Å². The van der Waals surface area contributed by atoms with E-state index >= 15 is 0 Å². The fourth-order valence-corrected chi connectivity index (χ4v) is 4.18. The summed E-state index contributed by atoms with van der Waals surface area (Å²) in [5, 5.41) is 19.8. The number of unbranched alkanes of at least 4 members (excludes halogenated alkanes) is 18. The maximum Gasteiger partial charge on any atom is 0.306 e. The van der Waals surface area contributed by atoms with Crippen LogP contribution >= 0.6 is 0 Å². The lowest BCUT2D eigenvalue weighted by atomic mass is 9.94. The molecule has 0 bridgehead atoms. The number of hydrogen-bond acceptors (Lipinski definition) is 1. The predicted octanol–water partition coefficient (Wildman–Crippen LogP) is 8.72. The molecule has 1 unspecified atom stereocenters. The van der Waals surface area contributed by atoms with Gasteiger partial charge in [-0.2, -0.15) is 0 Å². The Morgan fingerprint density at radius 2 is 0.862 bits per heavy atom. The molecule has 0 aliphatic heterocycles. The molecule has 0 amide bonds. The number of carboxylic acid groups (broad SMARTS) is 1. The SMILES string of the molecule is CCCCCCCCC(CCCCCCCCCCCCCCCC[O])C(=O)O. The molecule has 0 fully saturated rings. The van der Waals surface area contributed by atoms with Crippen LogP contribution in [0.3, 0.4) is 0 Å². The van der Waals surface area contributed by atoms with Crippen LogP contribution in [0.2, 0.25) is 0 Å². The summed E-state index contributed by atoms with van der Waals surface area (Å²) in [6, 6.07) is 0. The fraction of sp³-hybridized carbons (Fsp3) is 0.962. The summed E-state index contributed by atoms with van der Waals surface area (Å²) in [6.45, 7) is 2.32. The van der Waals surface area contributed by atoms with Crippen LogP contribution in [-0.2, 0) is 9.90 Å². The highest BCUT2D eigenvalue weighted by Gasteiger charge is 2.16. The van der Waals surface area contributed by atoms with E-state index in [-0.39, 0.29) is 12.5 Å². The van der Waals surface area contributed by atoms with Gasteiger partial charge < -0.3 is 5.11 Å². The Labute approximate surface area is 182 Å². The van der Waals surface area contributed by atoms with Crippen molar-refractivity contribution in [3.8, 4) is 0 Å². The number of hydrogen-bond donors (Lipinski definition) is 1. The van der Waals surface area contributed by atoms with Crippen LogP contribution in [0.15, 0.2) is 0 Å². The number of aliphatic carboxylic acids is 1. The molecule has 3 nitrogen and oxygen atoms in total. The standard InChI is InChI=1S/C26H51O3/c1-2-3-4-5-16-19-22-25(26(28)29)23-20-17-14-12-10-8-6-7-9-11-13-15-18-21-24-27/h25H,2-24H2,1H3,(H,28,29). The molecule has 0 aromatic rings. The van der Waals surface area contributed by atoms with Gasteiger partial charge >= 0.3 is 5.97 Å². The summed E-state index contributed by atoms with van der Waals surface area (Å²) >= 11 is 0. The molecular weight excluding hydrogens is 360 g/mol. The molecule has 173 valence electrons. The van der Waals surface area contributed by atoms with E-state index in [4.69, 9.17) is 0 Å². The third kappa shape index (κ3) is 21.9. The molecule has 0 saturated heterocycles. The van der Waals surface area contributed by atoms with Crippen molar-refractivity contribution in [2.24, 2.45) is 5.92 Å². The molecule has 0 aliphatic rings. The Balaban J connectivity index is 3.36. The molecule has 29 heavy (non-hydrogen) atoms. The highest BCUT2D eigenvalue weighted by atomic mass is 16.4. The smallest absolute Gasteiger partial charge is 0.306 e. The molecule has 3 heteroatoms. The summed E-state index contributed by atoms with van der Waals surface area (Å²) < 4.78 is 0. The van der Waals surface area contributed by atoms with Crippen LogP contribution in [0.4, 0.5) is 0 Å². The molecule has 0 heterocycles. The molecule has 1 N–H and O–H groups in total. The molecule has 0 aliphatic carbocycles. The molecule has 1 atom stereocenters. The zero-order valence-corrected chi connectivity index (χ0v) is 19.6. The van der Waals surface area contributed by atoms with Crippen LogP contribution in [-0.4, -0.2) is 17.7 Å². The summed E-state index contributed by atoms with van der Waals surface area (Å²) in [6.07, 6.45) is 26.7. The van der Waals surface area contributed by atoms with Crippen molar-refractivity contribution in [3.63, 3.8) is 0 Å². The number of carboxylic acids is 1. The van der Waals surface area contributed by atoms with Crippen molar-refractivity contribution in [1.82, 2.24) is 0 Å². The quantitative estimate of drug-likeness (QED) is 0.161. The van der Waals surface area contributed by atoms with E-state index in [2.05, 4.69) is 6.92 Å². The summed E-state index contributed by atoms with van der Waals surface area (Å²) in [4.78, 5) is 11.4. The Bertz CT molecular complexity index is 330. The minimum Gasteiger partial charge on any atom is -0.481 e. The second kappa shape index (κ2) is 23.7. The van der Waals surface area contributed by atoms with Crippen LogP contribution in [0.1, 0.15) is 148 Å². The minimum absolute atomic E-state index is 0.0966. The Kier molecular flexibility index (Phi) is 23.2. The van der Waals surface area contributed by atoms with E-state index in [9.17, 15) is 15.0 Å². The van der Waals surface area contributed by atoms with Crippen LogP contribution in [0.25, 0.3) is 0 Å². The highest BCUT2D eigenvalue weighted by Crippen LogP contribution is 2.20. The second-order valence-corrected chi connectivity index (χ2v) is 9.03. The average Bonchev–Trinajstić information content (AvgIpc) is 2.71. The largest absolute Gasteiger partial charge is 0.481 e. The normalized spacial score (nSPS) is 12.3. The van der Waals surface area contributed by atoms with E-state index in [1.807, 2.05) is 0 Å². The first-order valence-corrected chi connectivity index (χ1v) is 13.0. The molecule has 0 spiro atoms. The average molecular weight is 412 g/mol. The van der Waals surface area contributed by atoms with Gasteiger partial charge in [0.25, 0.3) is 0 Å². The number of rotatable bonds is 24. The van der Waals surface area contributed by atoms with E-state index in [0.29, 0.717) is 0 Å². The monoisotopic (exact) mass is 411 g/mol. The summed E-state index contributed by atoms with van der Waals surface area (Å²) in [5.41, 5.74) is 0. The maximum atomic E-state index is 11.4. The van der Waals surface area contributed by atoms with Gasteiger partial charge in [-0.15, -0.1) is 0 Å². The van der Waals surface area contributed by atoms with Crippen molar-refractivity contribution >= 4 is 5.97 Å². The second-order valence-electron chi connectivity index (χ2n) is 9.03. The van der Waals surface area contributed by atoms with E-state index < -0.39 is 5.97 Å². The Morgan fingerprint density at radius 1 is 0.552 bits per heavy atom. The molecule has 1 radical (unpaired) electrons. The minimum atomic E-state index is -0.580. The zero-order valence-electron chi connectivity index (χ0n) is 19.6. The van der Waals surface area contributed by atoms with Gasteiger partial charge in [0.15, 0.2) is 0 Å². The van der Waals surface area contributed by atoms with Gasteiger partial charge in [0.2, 0.25) is 0 Å². The van der Waals surface area contributed by atoms with Gasteiger partial charge in [0.05, 0.1) is 12.5 Å². The Morgan fingerprint density at radius 3 is 1.17 bits per heavy atom. The lowest BCUT2D eigenvalue weighted by molar-refractivity contribution is -0.142. The van der Waals surface area contributed by atoms with Gasteiger partial charge in [0, 0.05) is 0 Å². The molecule has 0 saturated carbocycles. The summed E-state index contributed by atoms with van der Waals surface area (Å²) in [5.74, 6) is -0.689. The maximum absolute atomic E-state index is 11.4. The van der Waals surface area contributed by atoms with Crippen molar-refractivity contribution < 1.29 is 15.0 Å². The highest BCUT2D eigenvalue weighted by molar-refractivity contribution is 5.69. The predicted molar refractivity (Wildman–Crippen MR) is 124 cm³/mol. The zero-order chi connectivity index (χ0) is 21.4. The lowest BCUT2D eigenvalue weighted by Gasteiger charge is -2.12. The van der Waals surface area contributed by atoms with Crippen molar-refractivity contribution in [3.05, 3.63) is 0 Å². The van der Waals surface area contributed by atoms with Crippen LogP contribution in [0.5, 0.6) is 0 Å². The van der Waals surface area contributed by atoms with Crippen molar-refractivity contribution in [2.75, 3.05) is 6.61 Å². The van der Waals surface area contributed by atoms with Crippen molar-refractivity contribution in [1.29, 1.82) is 0 Å². The molecule has 0 aromatic heterocycles. The lowest BCUT2D eigenvalue weighted by Crippen LogP contribution is -2.13. The van der Waals surface area contributed by atoms with E-state index in [0.717, 1.165) is 38.5 Å². The van der Waals surface area contributed by atoms with Gasteiger partial charge in [-0.05, 0) is 19.3 Å². The third-order valence-corrected chi connectivity index (χ3v) is 6.20. The molecule has 0 aromatic carbocycles. The first-order chi connectivity index (χ1) is 14.2. The summed E-state index contributed by atoms with van der Waals surface area (Å²) in [7, 11) is 0. The van der Waals surface area contributed by atoms with Gasteiger partial charge in [-0.25, -0.2) is 5.11 Å². The topological polar surface area (TPSA) is 57.2 Å². The van der Waals surface area contributed by atoms with Crippen LogP contribution < -0.4 is 0 Å². The van der Waals surface area contributed by atoms with Gasteiger partial charge in [0.1, 0.15) is 0 Å². The third-order valence-electron chi connectivity index (χ3n) is 6.20. The first-order valence-electron chi connectivity index (χ1n) is 13.0. The van der Waals surface area contributed by atoms with E-state index in [1.165, 1.54) is 103 Å². The van der Waals surface area contributed by atoms with E-state index in [1.54, 1.807) is 0 Å².